The predicted octanol–water partition coefficient (Wildman–Crippen LogP) is 0.247. The number of aliphatic hydroxyl groups is 1. The summed E-state index contributed by atoms with van der Waals surface area (Å²) in [5.74, 6) is -2.13. The van der Waals surface area contributed by atoms with Crippen molar-refractivity contribution in [2.24, 2.45) is 11.8 Å². The van der Waals surface area contributed by atoms with Crippen LogP contribution in [0, 0.1) is 11.8 Å². The van der Waals surface area contributed by atoms with Gasteiger partial charge in [-0.1, -0.05) is 12.2 Å². The lowest BCUT2D eigenvalue weighted by Gasteiger charge is -2.28. The molecular formula is C12H17NO4. The maximum Gasteiger partial charge on any atom is 0.307 e. The van der Waals surface area contributed by atoms with Crippen molar-refractivity contribution in [2.45, 2.75) is 25.4 Å². The van der Waals surface area contributed by atoms with Crippen LogP contribution in [0.3, 0.4) is 0 Å². The van der Waals surface area contributed by atoms with E-state index >= 15 is 0 Å². The van der Waals surface area contributed by atoms with Gasteiger partial charge in [0.2, 0.25) is 5.91 Å². The molecule has 1 fully saturated rings. The molecule has 3 atom stereocenters. The topological polar surface area (TPSA) is 77.8 Å². The van der Waals surface area contributed by atoms with Crippen molar-refractivity contribution in [2.75, 3.05) is 13.1 Å². The highest BCUT2D eigenvalue weighted by Crippen LogP contribution is 2.28. The molecule has 1 saturated heterocycles. The normalized spacial score (nSPS) is 32.8. The second-order valence-electron chi connectivity index (χ2n) is 4.72. The van der Waals surface area contributed by atoms with Gasteiger partial charge in [0, 0.05) is 13.1 Å². The molecule has 0 bridgehead atoms. The van der Waals surface area contributed by atoms with Crippen molar-refractivity contribution in [3.8, 4) is 0 Å². The maximum atomic E-state index is 12.2. The summed E-state index contributed by atoms with van der Waals surface area (Å²) in [4.78, 5) is 24.9. The van der Waals surface area contributed by atoms with Gasteiger partial charge in [0.05, 0.1) is 17.9 Å². The van der Waals surface area contributed by atoms with Crippen LogP contribution >= 0.6 is 0 Å². The number of allylic oxidation sites excluding steroid dienone is 2. The van der Waals surface area contributed by atoms with Crippen molar-refractivity contribution < 1.29 is 19.8 Å². The Labute approximate surface area is 99.7 Å². The van der Waals surface area contributed by atoms with Gasteiger partial charge >= 0.3 is 5.97 Å². The minimum absolute atomic E-state index is 0.127. The molecular weight excluding hydrogens is 222 g/mol. The van der Waals surface area contributed by atoms with Gasteiger partial charge in [-0.25, -0.2) is 0 Å². The molecule has 1 aliphatic heterocycles. The largest absolute Gasteiger partial charge is 0.481 e. The minimum Gasteiger partial charge on any atom is -0.481 e. The van der Waals surface area contributed by atoms with E-state index in [1.807, 2.05) is 12.2 Å². The van der Waals surface area contributed by atoms with Crippen molar-refractivity contribution in [1.82, 2.24) is 4.90 Å². The molecule has 0 saturated carbocycles. The Morgan fingerprint density at radius 3 is 2.35 bits per heavy atom. The van der Waals surface area contributed by atoms with E-state index in [-0.39, 0.29) is 5.91 Å². The number of β-amino-alcohol motifs (C(OH)–C–C–N with tert-alkyl or cyclic N) is 1. The summed E-state index contributed by atoms with van der Waals surface area (Å²) in [6.07, 6.45) is 4.73. The molecule has 0 aromatic heterocycles. The van der Waals surface area contributed by atoms with Gasteiger partial charge in [0.25, 0.3) is 0 Å². The van der Waals surface area contributed by atoms with E-state index in [2.05, 4.69) is 0 Å². The van der Waals surface area contributed by atoms with E-state index in [9.17, 15) is 14.7 Å². The van der Waals surface area contributed by atoms with Gasteiger partial charge in [-0.2, -0.15) is 0 Å². The van der Waals surface area contributed by atoms with E-state index in [1.165, 1.54) is 0 Å². The van der Waals surface area contributed by atoms with Gasteiger partial charge in [-0.15, -0.1) is 0 Å². The highest BCUT2D eigenvalue weighted by atomic mass is 16.4. The molecule has 17 heavy (non-hydrogen) atoms. The monoisotopic (exact) mass is 239 g/mol. The third kappa shape index (κ3) is 2.49. The summed E-state index contributed by atoms with van der Waals surface area (Å²) >= 11 is 0. The molecule has 0 aromatic rings. The molecule has 94 valence electrons. The van der Waals surface area contributed by atoms with Crippen molar-refractivity contribution in [1.29, 1.82) is 0 Å². The van der Waals surface area contributed by atoms with E-state index in [0.717, 1.165) is 0 Å². The first-order valence-corrected chi connectivity index (χ1v) is 5.94. The number of amides is 1. The highest BCUT2D eigenvalue weighted by molar-refractivity contribution is 5.85. The van der Waals surface area contributed by atoms with Crippen molar-refractivity contribution in [3.05, 3.63) is 12.2 Å². The number of aliphatic carboxylic acids is 1. The Morgan fingerprint density at radius 1 is 1.18 bits per heavy atom. The van der Waals surface area contributed by atoms with E-state index < -0.39 is 23.9 Å². The Bertz CT molecular complexity index is 352. The quantitative estimate of drug-likeness (QED) is 0.677. The molecule has 0 spiro atoms. The number of carbonyl (C=O) groups is 2. The molecule has 5 nitrogen and oxygen atoms in total. The first kappa shape index (κ1) is 12.1. The molecule has 0 aromatic carbocycles. The smallest absolute Gasteiger partial charge is 0.307 e. The zero-order chi connectivity index (χ0) is 12.4. The Balaban J connectivity index is 2.07. The Kier molecular flexibility index (Phi) is 3.47. The van der Waals surface area contributed by atoms with Crippen LogP contribution in [0.5, 0.6) is 0 Å². The Morgan fingerprint density at radius 2 is 1.82 bits per heavy atom. The van der Waals surface area contributed by atoms with Crippen LogP contribution in [-0.2, 0) is 9.59 Å². The SMILES string of the molecule is O=C(O)[C@H]1CC=CC[C@H]1C(=O)N1CC[C@@H](O)C1. The fraction of sp³-hybridized carbons (Fsp3) is 0.667. The van der Waals surface area contributed by atoms with Crippen LogP contribution in [0.4, 0.5) is 0 Å². The number of aliphatic hydroxyl groups excluding tert-OH is 1. The zero-order valence-corrected chi connectivity index (χ0v) is 9.58. The third-order valence-corrected chi connectivity index (χ3v) is 3.54. The molecule has 2 aliphatic rings. The standard InChI is InChI=1S/C12H17NO4/c14-8-5-6-13(7-8)11(15)9-3-1-2-4-10(9)12(16)17/h1-2,8-10,14H,3-7H2,(H,16,17)/t8-,9-,10+/m1/s1. The number of nitrogens with zero attached hydrogens (tertiary/aromatic N) is 1. The summed E-state index contributed by atoms with van der Waals surface area (Å²) in [6, 6.07) is 0. The first-order chi connectivity index (χ1) is 8.09. The fourth-order valence-electron chi connectivity index (χ4n) is 2.54. The van der Waals surface area contributed by atoms with Crippen LogP contribution in [-0.4, -0.2) is 46.2 Å². The highest BCUT2D eigenvalue weighted by Gasteiger charge is 2.38. The summed E-state index contributed by atoms with van der Waals surface area (Å²) in [5.41, 5.74) is 0. The second-order valence-corrected chi connectivity index (χ2v) is 4.72. The first-order valence-electron chi connectivity index (χ1n) is 5.94. The van der Waals surface area contributed by atoms with Gasteiger partial charge in [0.15, 0.2) is 0 Å². The molecule has 0 unspecified atom stereocenters. The molecule has 2 rings (SSSR count). The number of rotatable bonds is 2. The summed E-state index contributed by atoms with van der Waals surface area (Å²) < 4.78 is 0. The number of hydrogen-bond donors (Lipinski definition) is 2. The molecule has 0 radical (unpaired) electrons. The number of hydrogen-bond acceptors (Lipinski definition) is 3. The predicted molar refractivity (Wildman–Crippen MR) is 60.2 cm³/mol. The van der Waals surface area contributed by atoms with E-state index in [1.54, 1.807) is 4.90 Å². The number of carboxylic acids is 1. The molecule has 5 heteroatoms. The minimum atomic E-state index is -0.910. The summed E-state index contributed by atoms with van der Waals surface area (Å²) in [7, 11) is 0. The fourth-order valence-corrected chi connectivity index (χ4v) is 2.54. The average Bonchev–Trinajstić information content (AvgIpc) is 2.75. The molecule has 1 heterocycles. The van der Waals surface area contributed by atoms with Crippen molar-refractivity contribution >= 4 is 11.9 Å². The average molecular weight is 239 g/mol. The van der Waals surface area contributed by atoms with Crippen LogP contribution in [0.1, 0.15) is 19.3 Å². The second kappa shape index (κ2) is 4.87. The van der Waals surface area contributed by atoms with Gasteiger partial charge in [0.1, 0.15) is 0 Å². The van der Waals surface area contributed by atoms with Gasteiger partial charge in [-0.05, 0) is 19.3 Å². The molecule has 1 aliphatic carbocycles. The third-order valence-electron chi connectivity index (χ3n) is 3.54. The lowest BCUT2D eigenvalue weighted by atomic mass is 9.82. The number of carbonyl (C=O) groups excluding carboxylic acids is 1. The summed E-state index contributed by atoms with van der Waals surface area (Å²) in [5, 5.41) is 18.5. The zero-order valence-electron chi connectivity index (χ0n) is 9.58. The van der Waals surface area contributed by atoms with Crippen LogP contribution in [0.15, 0.2) is 12.2 Å². The van der Waals surface area contributed by atoms with E-state index in [4.69, 9.17) is 5.11 Å². The van der Waals surface area contributed by atoms with Gasteiger partial charge in [-0.3, -0.25) is 9.59 Å². The Hall–Kier alpha value is -1.36. The summed E-state index contributed by atoms with van der Waals surface area (Å²) in [6.45, 7) is 0.873. The van der Waals surface area contributed by atoms with Gasteiger partial charge < -0.3 is 15.1 Å². The van der Waals surface area contributed by atoms with Crippen LogP contribution in [0.2, 0.25) is 0 Å². The van der Waals surface area contributed by atoms with E-state index in [0.29, 0.717) is 32.4 Å². The maximum absolute atomic E-state index is 12.2. The molecule has 1 amide bonds. The van der Waals surface area contributed by atoms with Crippen LogP contribution < -0.4 is 0 Å². The van der Waals surface area contributed by atoms with Crippen molar-refractivity contribution in [3.63, 3.8) is 0 Å². The van der Waals surface area contributed by atoms with Crippen LogP contribution in [0.25, 0.3) is 0 Å². The number of carboxylic acid groups (broad SMARTS) is 1. The lowest BCUT2D eigenvalue weighted by Crippen LogP contribution is -2.41. The molecule has 2 N–H and O–H groups in total. The number of likely N-dealkylation sites (tertiary alicyclic amines) is 1. The lowest BCUT2D eigenvalue weighted by molar-refractivity contribution is -0.150.